The van der Waals surface area contributed by atoms with E-state index in [4.69, 9.17) is 4.74 Å². The summed E-state index contributed by atoms with van der Waals surface area (Å²) in [5, 5.41) is 14.3. The van der Waals surface area contributed by atoms with Crippen molar-refractivity contribution in [3.8, 4) is 0 Å². The zero-order chi connectivity index (χ0) is 37.9. The number of nitrogens with one attached hydrogen (secondary N) is 1. The van der Waals surface area contributed by atoms with Crippen molar-refractivity contribution in [2.24, 2.45) is 34.5 Å². The normalized spacial score (nSPS) is 33.6. The summed E-state index contributed by atoms with van der Waals surface area (Å²) in [5.74, 6) is -2.69. The summed E-state index contributed by atoms with van der Waals surface area (Å²) in [5.41, 5.74) is -1.05. The van der Waals surface area contributed by atoms with Crippen LogP contribution in [0.15, 0.2) is 42.0 Å². The van der Waals surface area contributed by atoms with Gasteiger partial charge in [-0.1, -0.05) is 65.3 Å². The maximum atomic E-state index is 17.1. The van der Waals surface area contributed by atoms with Crippen molar-refractivity contribution in [1.82, 2.24) is 4.90 Å². The Balaban J connectivity index is 0.000000289. The van der Waals surface area contributed by atoms with Gasteiger partial charge >= 0.3 is 5.97 Å². The van der Waals surface area contributed by atoms with E-state index in [9.17, 15) is 24.3 Å². The highest BCUT2D eigenvalue weighted by Gasteiger charge is 2.73. The molecule has 8 nitrogen and oxygen atoms in total. The van der Waals surface area contributed by atoms with E-state index in [-0.39, 0.29) is 60.8 Å². The molecule has 5 rings (SSSR count). The van der Waals surface area contributed by atoms with Crippen LogP contribution in [0.4, 0.5) is 14.5 Å². The third kappa shape index (κ3) is 7.78. The second kappa shape index (κ2) is 16.2. The lowest BCUT2D eigenvalue weighted by molar-refractivity contribution is -0.202. The minimum absolute atomic E-state index is 0.0524. The molecule has 1 aromatic carbocycles. The monoisotopic (exact) mass is 712 g/mol. The second-order valence-electron chi connectivity index (χ2n) is 15.6. The smallest absolute Gasteiger partial charge is 0.306 e. The van der Waals surface area contributed by atoms with Gasteiger partial charge in [-0.2, -0.15) is 0 Å². The predicted molar refractivity (Wildman–Crippen MR) is 194 cm³/mol. The minimum Gasteiger partial charge on any atom is -0.458 e. The minimum atomic E-state index is -2.15. The largest absolute Gasteiger partial charge is 0.458 e. The number of ether oxygens (including phenoxy) is 1. The SMILES string of the molecule is CCCCC(=O)OCC(=O)[C@H]1[C@H](C)C[C@H]2[C@@H]3C[C@H](F)C4=CC(=O)C=C[C@]4(C)C3(F)[C@@H](O)C[C@@]21C.CCN(CC)CC(=O)Nc1c(C)cccc1C. The van der Waals surface area contributed by atoms with Crippen molar-refractivity contribution < 1.29 is 37.8 Å². The zero-order valence-corrected chi connectivity index (χ0v) is 31.7. The first-order chi connectivity index (χ1) is 24.0. The fourth-order valence-electron chi connectivity index (χ4n) is 9.73. The Kier molecular flexibility index (Phi) is 12.9. The van der Waals surface area contributed by atoms with Gasteiger partial charge in [0.15, 0.2) is 17.2 Å². The molecule has 3 saturated carbocycles. The second-order valence-corrected chi connectivity index (χ2v) is 15.6. The van der Waals surface area contributed by atoms with Gasteiger partial charge in [-0.3, -0.25) is 24.1 Å². The Hall–Kier alpha value is -3.24. The van der Waals surface area contributed by atoms with E-state index in [0.717, 1.165) is 36.3 Å². The van der Waals surface area contributed by atoms with Gasteiger partial charge in [0.25, 0.3) is 0 Å². The highest BCUT2D eigenvalue weighted by Crippen LogP contribution is 2.70. The van der Waals surface area contributed by atoms with Crippen LogP contribution in [0.1, 0.15) is 91.2 Å². The Morgan fingerprint density at radius 2 is 1.71 bits per heavy atom. The molecular formula is C41H58F2N2O6. The van der Waals surface area contributed by atoms with Crippen LogP contribution in [0, 0.1) is 48.3 Å². The molecule has 1 aromatic rings. The maximum Gasteiger partial charge on any atom is 0.306 e. The van der Waals surface area contributed by atoms with Crippen LogP contribution in [0.5, 0.6) is 0 Å². The van der Waals surface area contributed by atoms with Crippen molar-refractivity contribution in [3.05, 3.63) is 53.1 Å². The number of aliphatic hydroxyl groups excluding tert-OH is 1. The fraction of sp³-hybridized carbons (Fsp3) is 0.659. The third-order valence-corrected chi connectivity index (χ3v) is 12.4. The number of fused-ring (bicyclic) bond motifs is 5. The molecule has 4 aliphatic rings. The van der Waals surface area contributed by atoms with E-state index >= 15 is 8.78 Å². The molecule has 3 fully saturated rings. The molecule has 282 valence electrons. The number of allylic oxidation sites excluding steroid dienone is 4. The number of carbonyl (C=O) groups excluding carboxylic acids is 4. The highest BCUT2D eigenvalue weighted by atomic mass is 19.1. The molecule has 1 amide bonds. The molecule has 0 spiro atoms. The lowest BCUT2D eigenvalue weighted by atomic mass is 9.45. The fourth-order valence-corrected chi connectivity index (χ4v) is 9.73. The highest BCUT2D eigenvalue weighted by molar-refractivity contribution is 6.01. The first kappa shape index (κ1) is 40.5. The number of rotatable bonds is 11. The van der Waals surface area contributed by atoms with Gasteiger partial charge in [-0.05, 0) is 106 Å². The van der Waals surface area contributed by atoms with Crippen LogP contribution in [0.3, 0.4) is 0 Å². The topological polar surface area (TPSA) is 113 Å². The Morgan fingerprint density at radius 1 is 1.06 bits per heavy atom. The molecule has 2 N–H and O–H groups in total. The molecule has 0 aliphatic heterocycles. The number of carbonyl (C=O) groups is 4. The van der Waals surface area contributed by atoms with Gasteiger partial charge in [0.05, 0.1) is 12.6 Å². The number of ketones is 2. The quantitative estimate of drug-likeness (QED) is 0.237. The number of anilines is 1. The van der Waals surface area contributed by atoms with Crippen LogP contribution in [-0.4, -0.2) is 77.6 Å². The first-order valence-electron chi connectivity index (χ1n) is 18.7. The van der Waals surface area contributed by atoms with Crippen LogP contribution in [-0.2, 0) is 23.9 Å². The van der Waals surface area contributed by atoms with Crippen LogP contribution in [0.2, 0.25) is 0 Å². The molecule has 0 aromatic heterocycles. The number of halogens is 2. The number of amides is 1. The number of hydrogen-bond acceptors (Lipinski definition) is 7. The molecule has 1 unspecified atom stereocenters. The Labute approximate surface area is 302 Å². The summed E-state index contributed by atoms with van der Waals surface area (Å²) in [4.78, 5) is 51.1. The van der Waals surface area contributed by atoms with Crippen LogP contribution in [0.25, 0.3) is 0 Å². The van der Waals surface area contributed by atoms with Gasteiger partial charge in [0.1, 0.15) is 12.8 Å². The third-order valence-electron chi connectivity index (χ3n) is 12.4. The van der Waals surface area contributed by atoms with E-state index in [1.165, 1.54) is 18.2 Å². The predicted octanol–water partition coefficient (Wildman–Crippen LogP) is 7.05. The standard InChI is InChI=1S/C27H36F2O5.C14H22N2O/c1-5-6-7-23(33)34-14-21(31)24-15(2)10-17-18-12-20(28)19-11-16(30)8-9-26(19,4)27(18,29)22(32)13-25(17,24)3;1-5-16(6-2)10-13(17)15-14-11(3)8-7-9-12(14)4/h8-9,11,15,17-18,20,22,24,32H,5-7,10,12-14H2,1-4H3;7-9H,5-6,10H2,1-4H3,(H,15,17)/t15-,17+,18+,20+,22+,24-,25+,26+,27?;/m1./s1. The summed E-state index contributed by atoms with van der Waals surface area (Å²) in [7, 11) is 0. The van der Waals surface area contributed by atoms with Gasteiger partial charge in [-0.25, -0.2) is 8.78 Å². The molecule has 4 aliphatic carbocycles. The molecule has 0 radical (unpaired) electrons. The van der Waals surface area contributed by atoms with Crippen molar-refractivity contribution in [3.63, 3.8) is 0 Å². The number of benzene rings is 1. The summed E-state index contributed by atoms with van der Waals surface area (Å²) < 4.78 is 37.7. The summed E-state index contributed by atoms with van der Waals surface area (Å²) in [6, 6.07) is 6.03. The number of hydrogen-bond donors (Lipinski definition) is 2. The number of esters is 1. The number of nitrogens with zero attached hydrogens (tertiary/aromatic N) is 1. The van der Waals surface area contributed by atoms with Crippen LogP contribution >= 0.6 is 0 Å². The van der Waals surface area contributed by atoms with E-state index in [0.29, 0.717) is 19.4 Å². The number of aryl methyl sites for hydroxylation is 2. The van der Waals surface area contributed by atoms with Crippen molar-refractivity contribution in [2.45, 2.75) is 112 Å². The van der Waals surface area contributed by atoms with Crippen molar-refractivity contribution in [2.75, 3.05) is 31.6 Å². The van der Waals surface area contributed by atoms with E-state index in [2.05, 4.69) is 24.1 Å². The van der Waals surface area contributed by atoms with Crippen molar-refractivity contribution >= 4 is 29.1 Å². The summed E-state index contributed by atoms with van der Waals surface area (Å²) >= 11 is 0. The summed E-state index contributed by atoms with van der Waals surface area (Å²) in [6.45, 7) is 17.4. The van der Waals surface area contributed by atoms with Crippen LogP contribution < -0.4 is 5.32 Å². The van der Waals surface area contributed by atoms with Gasteiger partial charge in [0, 0.05) is 29.4 Å². The van der Waals surface area contributed by atoms with Gasteiger partial charge in [-0.15, -0.1) is 0 Å². The van der Waals surface area contributed by atoms with Crippen molar-refractivity contribution in [1.29, 1.82) is 0 Å². The number of para-hydroxylation sites is 1. The molecule has 0 bridgehead atoms. The summed E-state index contributed by atoms with van der Waals surface area (Å²) in [6.07, 6.45) is 3.20. The number of likely N-dealkylation sites (N-methyl/N-ethyl adjacent to an activating group) is 1. The van der Waals surface area contributed by atoms with E-state index < -0.39 is 46.6 Å². The van der Waals surface area contributed by atoms with Gasteiger partial charge < -0.3 is 15.2 Å². The van der Waals surface area contributed by atoms with Gasteiger partial charge in [0.2, 0.25) is 5.91 Å². The molecule has 0 saturated heterocycles. The lowest BCUT2D eigenvalue weighted by Crippen LogP contribution is -2.68. The Bertz CT molecular complexity index is 1520. The lowest BCUT2D eigenvalue weighted by Gasteiger charge is -2.62. The Morgan fingerprint density at radius 3 is 2.31 bits per heavy atom. The molecule has 0 heterocycles. The zero-order valence-electron chi connectivity index (χ0n) is 31.7. The first-order valence-corrected chi connectivity index (χ1v) is 18.7. The number of aliphatic hydroxyl groups is 1. The molecular weight excluding hydrogens is 654 g/mol. The maximum absolute atomic E-state index is 17.1. The number of alkyl halides is 2. The number of unbranched alkanes of at least 4 members (excludes halogenated alkanes) is 1. The molecule has 9 atom stereocenters. The number of Topliss-reactive ketones (excluding diaryl/α,β-unsaturated/α-hetero) is 1. The van der Waals surface area contributed by atoms with E-state index in [1.807, 2.05) is 52.8 Å². The average molecular weight is 713 g/mol. The molecule has 51 heavy (non-hydrogen) atoms. The average Bonchev–Trinajstić information content (AvgIpc) is 3.34. The molecule has 10 heteroatoms. The van der Waals surface area contributed by atoms with E-state index in [1.54, 1.807) is 6.92 Å².